The zero-order chi connectivity index (χ0) is 25.0. The number of thiazole rings is 1. The van der Waals surface area contributed by atoms with Crippen molar-refractivity contribution < 1.29 is 23.5 Å². The minimum Gasteiger partial charge on any atom is -0.469 e. The molecule has 3 aliphatic rings. The average molecular weight is 590 g/mol. The first-order chi connectivity index (χ1) is 17.4. The standard InChI is InChI=1S/C24H20BrN3O6S2/c25-13-3-5-14(6-4-13)28-21(30)18-17(15-2-1-9-34-15)20-23(35-19(18)22(28)31)27(24(32)36-20)12-16(29)26-7-10-33-11-8-26/h1-6,9,17-19H,7-8,10-12H2/t17-,18-,19+/m0/s1. The highest BCUT2D eigenvalue weighted by Gasteiger charge is 2.57. The number of amides is 3. The van der Waals surface area contributed by atoms with Crippen LogP contribution in [0.4, 0.5) is 5.69 Å². The molecule has 0 radical (unpaired) electrons. The number of nitrogens with zero attached hydrogens (tertiary/aromatic N) is 3. The summed E-state index contributed by atoms with van der Waals surface area (Å²) in [4.78, 5) is 56.7. The Morgan fingerprint density at radius 2 is 1.81 bits per heavy atom. The van der Waals surface area contributed by atoms with E-state index >= 15 is 0 Å². The van der Waals surface area contributed by atoms with Gasteiger partial charge in [-0.3, -0.25) is 23.7 Å². The predicted molar refractivity (Wildman–Crippen MR) is 136 cm³/mol. The van der Waals surface area contributed by atoms with Gasteiger partial charge in [-0.05, 0) is 36.4 Å². The van der Waals surface area contributed by atoms with Crippen LogP contribution in [0.5, 0.6) is 0 Å². The summed E-state index contributed by atoms with van der Waals surface area (Å²) in [6.07, 6.45) is 1.52. The summed E-state index contributed by atoms with van der Waals surface area (Å²) in [6.45, 7) is 1.75. The number of morpholine rings is 1. The van der Waals surface area contributed by atoms with Crippen molar-refractivity contribution in [1.82, 2.24) is 9.47 Å². The van der Waals surface area contributed by atoms with E-state index in [9.17, 15) is 19.2 Å². The molecule has 2 saturated heterocycles. The molecule has 3 amide bonds. The van der Waals surface area contributed by atoms with Gasteiger partial charge in [0.25, 0.3) is 0 Å². The van der Waals surface area contributed by atoms with Crippen LogP contribution in [0.25, 0.3) is 0 Å². The molecule has 9 nitrogen and oxygen atoms in total. The first-order valence-electron chi connectivity index (χ1n) is 11.4. The van der Waals surface area contributed by atoms with Crippen LogP contribution in [0.2, 0.25) is 0 Å². The van der Waals surface area contributed by atoms with Gasteiger partial charge in [-0.25, -0.2) is 4.90 Å². The van der Waals surface area contributed by atoms with E-state index in [1.165, 1.54) is 27.5 Å². The number of carbonyl (C=O) groups excluding carboxylic acids is 3. The molecule has 6 rings (SSSR count). The van der Waals surface area contributed by atoms with Crippen LogP contribution in [0.1, 0.15) is 16.6 Å². The number of furan rings is 1. The Kier molecular flexibility index (Phi) is 6.14. The third-order valence-corrected chi connectivity index (χ3v) is 9.77. The van der Waals surface area contributed by atoms with Crippen molar-refractivity contribution in [1.29, 1.82) is 0 Å². The van der Waals surface area contributed by atoms with Crippen molar-refractivity contribution in [3.05, 3.63) is 67.4 Å². The normalized spacial score (nSPS) is 23.6. The van der Waals surface area contributed by atoms with E-state index in [0.29, 0.717) is 47.7 Å². The number of halogens is 1. The lowest BCUT2D eigenvalue weighted by atomic mass is 9.87. The number of fused-ring (bicyclic) bond motifs is 2. The summed E-state index contributed by atoms with van der Waals surface area (Å²) in [5, 5.41) is -0.199. The maximum Gasteiger partial charge on any atom is 0.308 e. The summed E-state index contributed by atoms with van der Waals surface area (Å²) in [5.74, 6) is -1.67. The number of aromatic nitrogens is 1. The monoisotopic (exact) mass is 589 g/mol. The number of thioether (sulfide) groups is 1. The molecule has 5 heterocycles. The van der Waals surface area contributed by atoms with Gasteiger partial charge < -0.3 is 14.1 Å². The van der Waals surface area contributed by atoms with Crippen LogP contribution < -0.4 is 9.77 Å². The molecule has 1 aromatic carbocycles. The molecular formula is C24H20BrN3O6S2. The van der Waals surface area contributed by atoms with Crippen LogP contribution in [-0.4, -0.2) is 58.7 Å². The number of hydrogen-bond acceptors (Lipinski definition) is 8. The van der Waals surface area contributed by atoms with Gasteiger partial charge in [0.1, 0.15) is 17.6 Å². The van der Waals surface area contributed by atoms with E-state index < -0.39 is 17.1 Å². The molecule has 2 fully saturated rings. The highest BCUT2D eigenvalue weighted by molar-refractivity contribution is 9.10. The topological polar surface area (TPSA) is 102 Å². The Hall–Kier alpha value is -2.67. The molecule has 3 aliphatic heterocycles. The Labute approximate surface area is 222 Å². The second-order valence-electron chi connectivity index (χ2n) is 8.66. The summed E-state index contributed by atoms with van der Waals surface area (Å²) in [7, 11) is 0. The molecule has 0 unspecified atom stereocenters. The fourth-order valence-electron chi connectivity index (χ4n) is 4.92. The Morgan fingerprint density at radius 1 is 1.06 bits per heavy atom. The molecule has 0 spiro atoms. The van der Waals surface area contributed by atoms with Crippen LogP contribution in [0.15, 0.2) is 61.4 Å². The smallest absolute Gasteiger partial charge is 0.308 e. The first kappa shape index (κ1) is 23.7. The second-order valence-corrected chi connectivity index (χ2v) is 11.7. The van der Waals surface area contributed by atoms with Gasteiger partial charge in [-0.1, -0.05) is 39.0 Å². The van der Waals surface area contributed by atoms with E-state index in [4.69, 9.17) is 9.15 Å². The van der Waals surface area contributed by atoms with E-state index in [2.05, 4.69) is 15.9 Å². The van der Waals surface area contributed by atoms with Gasteiger partial charge >= 0.3 is 4.87 Å². The molecule has 186 valence electrons. The molecule has 2 aromatic heterocycles. The van der Waals surface area contributed by atoms with Gasteiger partial charge in [-0.15, -0.1) is 0 Å². The third kappa shape index (κ3) is 3.87. The maximum atomic E-state index is 13.7. The zero-order valence-corrected chi connectivity index (χ0v) is 22.0. The van der Waals surface area contributed by atoms with Crippen molar-refractivity contribution in [2.45, 2.75) is 22.7 Å². The lowest BCUT2D eigenvalue weighted by molar-refractivity contribution is -0.136. The SMILES string of the molecule is O=C(Cn1c2c(sc1=O)[C@@H](c1ccco1)[C@@H]1C(=O)N(c3ccc(Br)cc3)C(=O)[C@@H]1S2)N1CCOCC1. The minimum atomic E-state index is -0.748. The predicted octanol–water partition coefficient (Wildman–Crippen LogP) is 2.92. The van der Waals surface area contributed by atoms with Crippen molar-refractivity contribution >= 4 is 62.4 Å². The maximum absolute atomic E-state index is 13.7. The van der Waals surface area contributed by atoms with Gasteiger partial charge in [0.15, 0.2) is 0 Å². The number of anilines is 1. The number of carbonyl (C=O) groups is 3. The van der Waals surface area contributed by atoms with Crippen LogP contribution >= 0.6 is 39.0 Å². The number of rotatable bonds is 4. The lowest BCUT2D eigenvalue weighted by Gasteiger charge is -2.30. The van der Waals surface area contributed by atoms with Gasteiger partial charge in [0.05, 0.1) is 46.9 Å². The largest absolute Gasteiger partial charge is 0.469 e. The Morgan fingerprint density at radius 3 is 2.50 bits per heavy atom. The van der Waals surface area contributed by atoms with Gasteiger partial charge in [-0.2, -0.15) is 0 Å². The van der Waals surface area contributed by atoms with Crippen molar-refractivity contribution in [2.24, 2.45) is 5.92 Å². The highest BCUT2D eigenvalue weighted by Crippen LogP contribution is 2.53. The van der Waals surface area contributed by atoms with Crippen LogP contribution in [0.3, 0.4) is 0 Å². The molecule has 3 atom stereocenters. The zero-order valence-electron chi connectivity index (χ0n) is 18.8. The molecule has 0 aliphatic carbocycles. The second kappa shape index (κ2) is 9.33. The number of benzene rings is 1. The first-order valence-corrected chi connectivity index (χ1v) is 13.9. The fraction of sp³-hybridized carbons (Fsp3) is 0.333. The van der Waals surface area contributed by atoms with E-state index in [-0.39, 0.29) is 29.1 Å². The highest BCUT2D eigenvalue weighted by atomic mass is 79.9. The van der Waals surface area contributed by atoms with Crippen molar-refractivity contribution in [3.8, 4) is 0 Å². The molecule has 0 N–H and O–H groups in total. The summed E-state index contributed by atoms with van der Waals surface area (Å²) in [6, 6.07) is 10.5. The average Bonchev–Trinajstić information content (AvgIpc) is 3.58. The van der Waals surface area contributed by atoms with E-state index in [0.717, 1.165) is 15.8 Å². The van der Waals surface area contributed by atoms with Gasteiger partial charge in [0, 0.05) is 17.6 Å². The number of imide groups is 1. The van der Waals surface area contributed by atoms with E-state index in [1.807, 2.05) is 0 Å². The van der Waals surface area contributed by atoms with Gasteiger partial charge in [0.2, 0.25) is 17.7 Å². The van der Waals surface area contributed by atoms with Crippen LogP contribution in [-0.2, 0) is 25.7 Å². The summed E-state index contributed by atoms with van der Waals surface area (Å²) < 4.78 is 13.3. The number of ether oxygens (including phenoxy) is 1. The Balaban J connectivity index is 1.41. The lowest BCUT2D eigenvalue weighted by Crippen LogP contribution is -2.43. The summed E-state index contributed by atoms with van der Waals surface area (Å²) in [5.41, 5.74) is 0.490. The molecule has 36 heavy (non-hydrogen) atoms. The molecule has 12 heteroatoms. The third-order valence-electron chi connectivity index (χ3n) is 6.64. The molecule has 0 saturated carbocycles. The van der Waals surface area contributed by atoms with Crippen LogP contribution in [0, 0.1) is 5.92 Å². The quantitative estimate of drug-likeness (QED) is 0.431. The van der Waals surface area contributed by atoms with E-state index in [1.54, 1.807) is 41.3 Å². The minimum absolute atomic E-state index is 0.126. The summed E-state index contributed by atoms with van der Waals surface area (Å²) >= 11 is 5.58. The fourth-order valence-corrected chi connectivity index (χ4v) is 7.94. The van der Waals surface area contributed by atoms with Crippen molar-refractivity contribution in [3.63, 3.8) is 0 Å². The van der Waals surface area contributed by atoms with Crippen molar-refractivity contribution in [2.75, 3.05) is 31.2 Å². The number of hydrogen-bond donors (Lipinski definition) is 0. The molecule has 0 bridgehead atoms. The Bertz CT molecular complexity index is 1390. The molecule has 3 aromatic rings. The molecular weight excluding hydrogens is 570 g/mol.